The number of amides is 1. The zero-order valence-corrected chi connectivity index (χ0v) is 10.2. The molecule has 3 nitrogen and oxygen atoms in total. The Kier molecular flexibility index (Phi) is 5.50. The number of halogens is 6. The zero-order chi connectivity index (χ0) is 13.9. The van der Waals surface area contributed by atoms with Gasteiger partial charge < -0.3 is 4.90 Å². The van der Waals surface area contributed by atoms with Crippen LogP contribution in [-0.4, -0.2) is 47.6 Å². The van der Waals surface area contributed by atoms with Gasteiger partial charge in [-0.15, -0.1) is 0 Å². The van der Waals surface area contributed by atoms with Crippen molar-refractivity contribution in [3.8, 4) is 0 Å². The van der Waals surface area contributed by atoms with E-state index in [1.807, 2.05) is 0 Å². The molecule has 0 fully saturated rings. The van der Waals surface area contributed by atoms with Gasteiger partial charge >= 0.3 is 18.0 Å². The van der Waals surface area contributed by atoms with E-state index < -0.39 is 30.3 Å². The molecule has 0 aliphatic rings. The number of hydrogen-bond donors (Lipinski definition) is 0. The molecule has 0 unspecified atom stereocenters. The number of carbonyl (C=O) groups is 2. The lowest BCUT2D eigenvalue weighted by molar-refractivity contribution is -0.273. The lowest BCUT2D eigenvalue weighted by Gasteiger charge is -2.24. The maximum Gasteiger partial charge on any atom is 0.463 e. The Morgan fingerprint density at radius 1 is 1.18 bits per heavy atom. The summed E-state index contributed by atoms with van der Waals surface area (Å²) in [4.78, 5) is 21.8. The molecule has 100 valence electrons. The molecule has 0 aromatic carbocycles. The fourth-order valence-electron chi connectivity index (χ4n) is 0.822. The second kappa shape index (κ2) is 5.74. The number of nitrogens with zero attached hydrogens (tertiary/aromatic N) is 1. The van der Waals surface area contributed by atoms with Crippen molar-refractivity contribution in [2.75, 3.05) is 18.9 Å². The summed E-state index contributed by atoms with van der Waals surface area (Å²) < 4.78 is 60.7. The van der Waals surface area contributed by atoms with Crippen molar-refractivity contribution in [3.05, 3.63) is 0 Å². The van der Waals surface area contributed by atoms with Crippen LogP contribution in [0.2, 0.25) is 0 Å². The monoisotopic (exact) mass is 325 g/mol. The van der Waals surface area contributed by atoms with E-state index in [1.54, 1.807) is 0 Å². The van der Waals surface area contributed by atoms with Gasteiger partial charge in [-0.3, -0.25) is 9.59 Å². The number of rotatable bonds is 5. The van der Waals surface area contributed by atoms with E-state index in [-0.39, 0.29) is 16.7 Å². The van der Waals surface area contributed by atoms with Gasteiger partial charge in [0.1, 0.15) is 5.78 Å². The third kappa shape index (κ3) is 4.21. The Labute approximate surface area is 102 Å². The fourth-order valence-corrected chi connectivity index (χ4v) is 1.10. The molecule has 0 atom stereocenters. The predicted molar refractivity (Wildman–Crippen MR) is 52.1 cm³/mol. The molecule has 0 aromatic heterocycles. The van der Waals surface area contributed by atoms with E-state index >= 15 is 0 Å². The summed E-state index contributed by atoms with van der Waals surface area (Å²) in [5, 5.41) is -0.0509. The number of Topliss-reactive ketones (excluding diaryl/α,β-unsaturated/α-hetero) is 1. The van der Waals surface area contributed by atoms with E-state index in [1.165, 1.54) is 0 Å². The third-order valence-electron chi connectivity index (χ3n) is 1.85. The number of hydrogen-bond acceptors (Lipinski definition) is 2. The molecule has 0 saturated heterocycles. The summed E-state index contributed by atoms with van der Waals surface area (Å²) in [5.74, 6) is -8.20. The quantitative estimate of drug-likeness (QED) is 0.572. The average Bonchev–Trinajstić information content (AvgIpc) is 2.22. The maximum atomic E-state index is 12.6. The summed E-state index contributed by atoms with van der Waals surface area (Å²) in [6.45, 7) is -0.491. The molecule has 0 N–H and O–H groups in total. The number of ketones is 1. The first kappa shape index (κ1) is 16.3. The summed E-state index contributed by atoms with van der Waals surface area (Å²) in [6, 6.07) is 0. The van der Waals surface area contributed by atoms with Crippen molar-refractivity contribution in [1.82, 2.24) is 4.90 Å². The van der Waals surface area contributed by atoms with Crippen molar-refractivity contribution >= 4 is 27.6 Å². The third-order valence-corrected chi connectivity index (χ3v) is 2.47. The van der Waals surface area contributed by atoms with Gasteiger partial charge in [0.2, 0.25) is 0 Å². The van der Waals surface area contributed by atoms with Gasteiger partial charge in [-0.05, 0) is 0 Å². The van der Waals surface area contributed by atoms with E-state index in [9.17, 15) is 31.5 Å². The van der Waals surface area contributed by atoms with Crippen LogP contribution in [0.4, 0.5) is 22.0 Å². The van der Waals surface area contributed by atoms with Crippen LogP contribution in [0.5, 0.6) is 0 Å². The van der Waals surface area contributed by atoms with Gasteiger partial charge in [0.25, 0.3) is 0 Å². The molecule has 0 radical (unpaired) electrons. The van der Waals surface area contributed by atoms with E-state index in [4.69, 9.17) is 0 Å². The van der Waals surface area contributed by atoms with Gasteiger partial charge in [-0.2, -0.15) is 22.0 Å². The highest BCUT2D eigenvalue weighted by Gasteiger charge is 2.64. The molecule has 0 heterocycles. The van der Waals surface area contributed by atoms with Crippen LogP contribution in [0.3, 0.4) is 0 Å². The van der Waals surface area contributed by atoms with Gasteiger partial charge in [-0.1, -0.05) is 15.9 Å². The normalized spacial score (nSPS) is 12.4. The second-order valence-electron chi connectivity index (χ2n) is 3.22. The molecule has 9 heteroatoms. The van der Waals surface area contributed by atoms with Crippen LogP contribution >= 0.6 is 15.9 Å². The highest BCUT2D eigenvalue weighted by atomic mass is 79.9. The average molecular weight is 326 g/mol. The second-order valence-corrected chi connectivity index (χ2v) is 3.78. The van der Waals surface area contributed by atoms with E-state index in [2.05, 4.69) is 15.9 Å². The van der Waals surface area contributed by atoms with Crippen molar-refractivity contribution in [2.24, 2.45) is 0 Å². The minimum absolute atomic E-state index is 0.0509. The maximum absolute atomic E-state index is 12.6. The van der Waals surface area contributed by atoms with Crippen LogP contribution in [0, 0.1) is 0 Å². The largest absolute Gasteiger partial charge is 0.463 e. The Morgan fingerprint density at radius 3 is 2.00 bits per heavy atom. The summed E-state index contributed by atoms with van der Waals surface area (Å²) >= 11 is 2.79. The Morgan fingerprint density at radius 2 is 1.65 bits per heavy atom. The predicted octanol–water partition coefficient (Wildman–Crippen LogP) is 2.00. The molecule has 0 aromatic rings. The molecule has 1 amide bonds. The van der Waals surface area contributed by atoms with Crippen molar-refractivity contribution in [1.29, 1.82) is 0 Å². The van der Waals surface area contributed by atoms with Crippen molar-refractivity contribution in [3.63, 3.8) is 0 Å². The molecule has 0 aliphatic carbocycles. The number of alkyl halides is 6. The highest BCUT2D eigenvalue weighted by molar-refractivity contribution is 9.09. The van der Waals surface area contributed by atoms with E-state index in [0.29, 0.717) is 0 Å². The van der Waals surface area contributed by atoms with Crippen LogP contribution in [0.15, 0.2) is 0 Å². The first-order valence-corrected chi connectivity index (χ1v) is 5.44. The van der Waals surface area contributed by atoms with Crippen LogP contribution < -0.4 is 0 Å². The van der Waals surface area contributed by atoms with Gasteiger partial charge in [0, 0.05) is 20.0 Å². The van der Waals surface area contributed by atoms with Gasteiger partial charge in [0.05, 0.1) is 5.33 Å². The molecule has 0 saturated carbocycles. The molecule has 0 bridgehead atoms. The zero-order valence-electron chi connectivity index (χ0n) is 8.65. The van der Waals surface area contributed by atoms with Crippen molar-refractivity contribution in [2.45, 2.75) is 18.5 Å². The summed E-state index contributed by atoms with van der Waals surface area (Å²) in [7, 11) is 0.781. The smallest absolute Gasteiger partial charge is 0.340 e. The van der Waals surface area contributed by atoms with Crippen molar-refractivity contribution < 1.29 is 31.5 Å². The first-order valence-electron chi connectivity index (χ1n) is 4.31. The standard InChI is InChI=1S/C8H9BrF5NO2/c1-15(3-2-5(16)4-9)6(17)7(10,11)8(12,13)14/h2-4H2,1H3. The highest BCUT2D eigenvalue weighted by Crippen LogP contribution is 2.36. The molecular formula is C8H9BrF5NO2. The van der Waals surface area contributed by atoms with Crippen LogP contribution in [0.25, 0.3) is 0 Å². The van der Waals surface area contributed by atoms with Gasteiger partial charge in [0.15, 0.2) is 0 Å². The molecule has 0 spiro atoms. The molecule has 0 aliphatic heterocycles. The Balaban J connectivity index is 4.56. The SMILES string of the molecule is CN(CCC(=O)CBr)C(=O)C(F)(F)C(F)(F)F. The summed E-state index contributed by atoms with van der Waals surface area (Å²) in [6.07, 6.45) is -6.22. The lowest BCUT2D eigenvalue weighted by Crippen LogP contribution is -2.51. The fraction of sp³-hybridized carbons (Fsp3) is 0.750. The Bertz CT molecular complexity index is 305. The van der Waals surface area contributed by atoms with Gasteiger partial charge in [-0.25, -0.2) is 0 Å². The van der Waals surface area contributed by atoms with E-state index in [0.717, 1.165) is 7.05 Å². The minimum atomic E-state index is -5.93. The van der Waals surface area contributed by atoms with Crippen LogP contribution in [0.1, 0.15) is 6.42 Å². The molecular weight excluding hydrogens is 317 g/mol. The topological polar surface area (TPSA) is 37.4 Å². The summed E-state index contributed by atoms with van der Waals surface area (Å²) in [5.41, 5.74) is 0. The molecule has 17 heavy (non-hydrogen) atoms. The minimum Gasteiger partial charge on any atom is -0.340 e. The number of carbonyl (C=O) groups excluding carboxylic acids is 2. The Hall–Kier alpha value is -0.730. The lowest BCUT2D eigenvalue weighted by atomic mass is 10.2. The van der Waals surface area contributed by atoms with Crippen LogP contribution in [-0.2, 0) is 9.59 Å². The molecule has 0 rings (SSSR count). The first-order chi connectivity index (χ1) is 7.54.